The van der Waals surface area contributed by atoms with Gasteiger partial charge in [0.2, 0.25) is 10.0 Å². The monoisotopic (exact) mass is 411 g/mol. The topological polar surface area (TPSA) is 80.8 Å². The third-order valence-corrected chi connectivity index (χ3v) is 6.08. The standard InChI is InChI=1S/C19H25NO5S2/c1-15(2)13-20(27(23,24)19-11-5-16(3)6-12-19)14-17-7-9-18(10-8-17)25-26(4,21)22/h5-12,15H,13-14H2,1-4H3. The third kappa shape index (κ3) is 6.34. The van der Waals surface area contributed by atoms with Gasteiger partial charge in [0.05, 0.1) is 11.2 Å². The highest BCUT2D eigenvalue weighted by Gasteiger charge is 2.25. The average Bonchev–Trinajstić information content (AvgIpc) is 2.54. The van der Waals surface area contributed by atoms with Gasteiger partial charge >= 0.3 is 10.1 Å². The molecule has 0 fully saturated rings. The minimum atomic E-state index is -3.64. The summed E-state index contributed by atoms with van der Waals surface area (Å²) in [4.78, 5) is 0.255. The Labute approximate surface area is 162 Å². The molecular formula is C19H25NO5S2. The van der Waals surface area contributed by atoms with E-state index in [2.05, 4.69) is 0 Å². The number of benzene rings is 2. The number of rotatable bonds is 8. The molecule has 0 bridgehead atoms. The molecular weight excluding hydrogens is 386 g/mol. The van der Waals surface area contributed by atoms with E-state index in [0.29, 0.717) is 6.54 Å². The lowest BCUT2D eigenvalue weighted by Crippen LogP contribution is -2.33. The molecule has 0 amide bonds. The fraction of sp³-hybridized carbons (Fsp3) is 0.368. The van der Waals surface area contributed by atoms with Crippen molar-refractivity contribution >= 4 is 20.1 Å². The Morgan fingerprint density at radius 2 is 1.48 bits per heavy atom. The molecule has 0 aliphatic heterocycles. The lowest BCUT2D eigenvalue weighted by Gasteiger charge is -2.24. The quantitative estimate of drug-likeness (QED) is 0.623. The summed E-state index contributed by atoms with van der Waals surface area (Å²) < 4.78 is 54.7. The number of nitrogens with zero attached hydrogens (tertiary/aromatic N) is 1. The van der Waals surface area contributed by atoms with Crippen LogP contribution in [0.15, 0.2) is 53.4 Å². The second kappa shape index (κ2) is 8.41. The summed E-state index contributed by atoms with van der Waals surface area (Å²) in [5.41, 5.74) is 1.73. The Morgan fingerprint density at radius 1 is 0.926 bits per heavy atom. The summed E-state index contributed by atoms with van der Waals surface area (Å²) in [5.74, 6) is 0.344. The lowest BCUT2D eigenvalue weighted by molar-refractivity contribution is 0.362. The molecule has 0 saturated heterocycles. The summed E-state index contributed by atoms with van der Waals surface area (Å²) in [5, 5.41) is 0. The zero-order valence-corrected chi connectivity index (χ0v) is 17.5. The van der Waals surface area contributed by atoms with E-state index in [1.807, 2.05) is 20.8 Å². The van der Waals surface area contributed by atoms with E-state index in [1.165, 1.54) is 16.4 Å². The van der Waals surface area contributed by atoms with Crippen LogP contribution in [0.3, 0.4) is 0 Å². The highest BCUT2D eigenvalue weighted by molar-refractivity contribution is 7.89. The molecule has 0 saturated carbocycles. The minimum Gasteiger partial charge on any atom is -0.383 e. The molecule has 0 aliphatic carbocycles. The van der Waals surface area contributed by atoms with Crippen molar-refractivity contribution in [3.63, 3.8) is 0 Å². The van der Waals surface area contributed by atoms with E-state index in [0.717, 1.165) is 17.4 Å². The van der Waals surface area contributed by atoms with E-state index in [1.54, 1.807) is 36.4 Å². The van der Waals surface area contributed by atoms with Gasteiger partial charge in [-0.1, -0.05) is 43.7 Å². The SMILES string of the molecule is Cc1ccc(S(=O)(=O)N(Cc2ccc(OS(C)(=O)=O)cc2)CC(C)C)cc1. The molecule has 0 heterocycles. The second-order valence-corrected chi connectivity index (χ2v) is 10.4. The van der Waals surface area contributed by atoms with Gasteiger partial charge in [0.15, 0.2) is 0 Å². The van der Waals surface area contributed by atoms with Crippen LogP contribution in [-0.4, -0.2) is 33.9 Å². The van der Waals surface area contributed by atoms with Crippen molar-refractivity contribution in [1.29, 1.82) is 0 Å². The predicted octanol–water partition coefficient (Wildman–Crippen LogP) is 3.18. The first-order chi connectivity index (χ1) is 12.5. The Bertz CT molecular complexity index is 964. The van der Waals surface area contributed by atoms with Crippen LogP contribution in [0, 0.1) is 12.8 Å². The van der Waals surface area contributed by atoms with Crippen molar-refractivity contribution in [2.45, 2.75) is 32.2 Å². The van der Waals surface area contributed by atoms with Crippen LogP contribution in [0.25, 0.3) is 0 Å². The maximum atomic E-state index is 13.1. The Morgan fingerprint density at radius 3 is 1.96 bits per heavy atom. The molecule has 2 aromatic carbocycles. The first kappa shape index (κ1) is 21.4. The van der Waals surface area contributed by atoms with Crippen LogP contribution < -0.4 is 4.18 Å². The molecule has 0 atom stereocenters. The van der Waals surface area contributed by atoms with Gasteiger partial charge in [-0.3, -0.25) is 0 Å². The number of sulfonamides is 1. The van der Waals surface area contributed by atoms with Gasteiger partial charge in [0.25, 0.3) is 0 Å². The Kier molecular flexibility index (Phi) is 6.67. The average molecular weight is 412 g/mol. The molecule has 2 aromatic rings. The van der Waals surface area contributed by atoms with Crippen LogP contribution in [0.2, 0.25) is 0 Å². The predicted molar refractivity (Wildman–Crippen MR) is 106 cm³/mol. The highest BCUT2D eigenvalue weighted by atomic mass is 32.2. The molecule has 0 aliphatic rings. The lowest BCUT2D eigenvalue weighted by atomic mass is 10.2. The number of aryl methyl sites for hydroxylation is 1. The third-order valence-electron chi connectivity index (χ3n) is 3.76. The molecule has 0 aromatic heterocycles. The fourth-order valence-corrected chi connectivity index (χ4v) is 4.60. The maximum Gasteiger partial charge on any atom is 0.306 e. The van der Waals surface area contributed by atoms with E-state index in [9.17, 15) is 16.8 Å². The largest absolute Gasteiger partial charge is 0.383 e. The molecule has 0 unspecified atom stereocenters. The minimum absolute atomic E-state index is 0.151. The summed E-state index contributed by atoms with van der Waals surface area (Å²) in [6.45, 7) is 6.38. The molecule has 27 heavy (non-hydrogen) atoms. The molecule has 0 radical (unpaired) electrons. The first-order valence-corrected chi connectivity index (χ1v) is 11.8. The zero-order valence-electron chi connectivity index (χ0n) is 15.9. The van der Waals surface area contributed by atoms with Gasteiger partial charge in [0, 0.05) is 13.1 Å². The van der Waals surface area contributed by atoms with Crippen LogP contribution >= 0.6 is 0 Å². The summed E-state index contributed by atoms with van der Waals surface area (Å²) in [6.07, 6.45) is 0.972. The van der Waals surface area contributed by atoms with Gasteiger partial charge in [-0.2, -0.15) is 12.7 Å². The van der Waals surface area contributed by atoms with E-state index >= 15 is 0 Å². The fourth-order valence-electron chi connectivity index (χ4n) is 2.54. The van der Waals surface area contributed by atoms with Crippen molar-refractivity contribution in [3.05, 3.63) is 59.7 Å². The molecule has 0 spiro atoms. The second-order valence-electron chi connectivity index (χ2n) is 6.94. The van der Waals surface area contributed by atoms with Gasteiger partial charge in [-0.15, -0.1) is 0 Å². The maximum absolute atomic E-state index is 13.1. The first-order valence-electron chi connectivity index (χ1n) is 8.52. The Hall–Kier alpha value is -1.90. The van der Waals surface area contributed by atoms with Crippen LogP contribution in [0.4, 0.5) is 0 Å². The van der Waals surface area contributed by atoms with Gasteiger partial charge in [0.1, 0.15) is 5.75 Å². The number of hydrogen-bond donors (Lipinski definition) is 0. The summed E-state index contributed by atoms with van der Waals surface area (Å²) in [7, 11) is -7.24. The van der Waals surface area contributed by atoms with Crippen LogP contribution in [-0.2, 0) is 26.7 Å². The van der Waals surface area contributed by atoms with Gasteiger partial charge in [-0.05, 0) is 42.7 Å². The summed E-state index contributed by atoms with van der Waals surface area (Å²) >= 11 is 0. The van der Waals surface area contributed by atoms with Crippen molar-refractivity contribution in [1.82, 2.24) is 4.31 Å². The Balaban J connectivity index is 2.27. The van der Waals surface area contributed by atoms with Gasteiger partial charge < -0.3 is 4.18 Å². The van der Waals surface area contributed by atoms with Crippen molar-refractivity contribution < 1.29 is 21.0 Å². The highest BCUT2D eigenvalue weighted by Crippen LogP contribution is 2.22. The molecule has 2 rings (SSSR count). The van der Waals surface area contributed by atoms with E-state index in [-0.39, 0.29) is 23.1 Å². The normalized spacial score (nSPS) is 12.5. The van der Waals surface area contributed by atoms with Crippen LogP contribution in [0.5, 0.6) is 5.75 Å². The van der Waals surface area contributed by atoms with Crippen molar-refractivity contribution in [3.8, 4) is 5.75 Å². The van der Waals surface area contributed by atoms with E-state index < -0.39 is 20.1 Å². The smallest absolute Gasteiger partial charge is 0.306 e. The molecule has 0 N–H and O–H groups in total. The molecule has 148 valence electrons. The number of hydrogen-bond acceptors (Lipinski definition) is 5. The summed E-state index contributed by atoms with van der Waals surface area (Å²) in [6, 6.07) is 13.1. The van der Waals surface area contributed by atoms with Crippen molar-refractivity contribution in [2.75, 3.05) is 12.8 Å². The van der Waals surface area contributed by atoms with Crippen LogP contribution in [0.1, 0.15) is 25.0 Å². The molecule has 6 nitrogen and oxygen atoms in total. The van der Waals surface area contributed by atoms with E-state index in [4.69, 9.17) is 4.18 Å². The zero-order chi connectivity index (χ0) is 20.2. The van der Waals surface area contributed by atoms with Gasteiger partial charge in [-0.25, -0.2) is 8.42 Å². The molecule has 8 heteroatoms. The van der Waals surface area contributed by atoms with Crippen molar-refractivity contribution in [2.24, 2.45) is 5.92 Å².